The fraction of sp³-hybridized carbons (Fsp3) is 0.667. The Labute approximate surface area is 122 Å². The normalized spacial score (nSPS) is 25.2. The number of rotatable bonds is 3. The van der Waals surface area contributed by atoms with Gasteiger partial charge in [-0.05, 0) is 62.9 Å². The lowest BCUT2D eigenvalue weighted by Crippen LogP contribution is -2.36. The minimum absolute atomic E-state index is 0. The third kappa shape index (κ3) is 3.68. The quantitative estimate of drug-likeness (QED) is 0.923. The molecule has 0 radical (unpaired) electrons. The number of aromatic nitrogens is 1. The van der Waals surface area contributed by atoms with Crippen molar-refractivity contribution in [3.05, 3.63) is 30.1 Å². The van der Waals surface area contributed by atoms with Gasteiger partial charge in [0.05, 0.1) is 0 Å². The lowest BCUT2D eigenvalue weighted by Gasteiger charge is -2.31. The number of pyridine rings is 1. The van der Waals surface area contributed by atoms with E-state index in [1.165, 1.54) is 57.4 Å². The van der Waals surface area contributed by atoms with E-state index < -0.39 is 0 Å². The highest BCUT2D eigenvalue weighted by molar-refractivity contribution is 5.85. The van der Waals surface area contributed by atoms with Crippen LogP contribution in [0.2, 0.25) is 0 Å². The zero-order valence-electron chi connectivity index (χ0n) is 11.4. The van der Waals surface area contributed by atoms with Crippen molar-refractivity contribution >= 4 is 12.4 Å². The van der Waals surface area contributed by atoms with E-state index in [1.54, 1.807) is 0 Å². The second kappa shape index (κ2) is 7.22. The molecule has 2 fully saturated rings. The van der Waals surface area contributed by atoms with Crippen molar-refractivity contribution in [2.75, 3.05) is 26.2 Å². The molecule has 0 aromatic carbocycles. The SMILES string of the molecule is Cl.c1cncc(C2CCCN2CC2CCNCC2)c1. The summed E-state index contributed by atoms with van der Waals surface area (Å²) in [6, 6.07) is 4.92. The molecular weight excluding hydrogens is 258 g/mol. The molecule has 106 valence electrons. The van der Waals surface area contributed by atoms with Crippen LogP contribution in [0.1, 0.15) is 37.3 Å². The Hall–Kier alpha value is -0.640. The van der Waals surface area contributed by atoms with E-state index in [9.17, 15) is 0 Å². The molecule has 3 nitrogen and oxygen atoms in total. The smallest absolute Gasteiger partial charge is 0.0363 e. The number of likely N-dealkylation sites (tertiary alicyclic amines) is 1. The van der Waals surface area contributed by atoms with Gasteiger partial charge in [-0.1, -0.05) is 6.07 Å². The van der Waals surface area contributed by atoms with Crippen molar-refractivity contribution < 1.29 is 0 Å². The maximum absolute atomic E-state index is 4.27. The van der Waals surface area contributed by atoms with Crippen molar-refractivity contribution in [1.82, 2.24) is 15.2 Å². The maximum Gasteiger partial charge on any atom is 0.0363 e. The summed E-state index contributed by atoms with van der Waals surface area (Å²) < 4.78 is 0. The Balaban J connectivity index is 0.00000133. The van der Waals surface area contributed by atoms with Gasteiger partial charge >= 0.3 is 0 Å². The van der Waals surface area contributed by atoms with Crippen molar-refractivity contribution in [3.63, 3.8) is 0 Å². The van der Waals surface area contributed by atoms with Crippen LogP contribution in [0.15, 0.2) is 24.5 Å². The summed E-state index contributed by atoms with van der Waals surface area (Å²) in [5.41, 5.74) is 1.41. The molecule has 2 aliphatic rings. The predicted octanol–water partition coefficient (Wildman–Crippen LogP) is 2.64. The van der Waals surface area contributed by atoms with E-state index in [1.807, 2.05) is 12.4 Å². The minimum Gasteiger partial charge on any atom is -0.317 e. The zero-order chi connectivity index (χ0) is 12.2. The molecule has 1 unspecified atom stereocenters. The fourth-order valence-corrected chi connectivity index (χ4v) is 3.39. The zero-order valence-corrected chi connectivity index (χ0v) is 12.2. The van der Waals surface area contributed by atoms with E-state index in [2.05, 4.69) is 27.3 Å². The molecule has 19 heavy (non-hydrogen) atoms. The number of nitrogens with zero attached hydrogens (tertiary/aromatic N) is 2. The Morgan fingerprint density at radius 2 is 2.11 bits per heavy atom. The lowest BCUT2D eigenvalue weighted by atomic mass is 9.96. The number of piperidine rings is 1. The fourth-order valence-electron chi connectivity index (χ4n) is 3.39. The molecule has 1 aromatic rings. The van der Waals surface area contributed by atoms with Crippen molar-refractivity contribution in [3.8, 4) is 0 Å². The van der Waals surface area contributed by atoms with Crippen LogP contribution < -0.4 is 5.32 Å². The van der Waals surface area contributed by atoms with E-state index >= 15 is 0 Å². The molecule has 4 heteroatoms. The van der Waals surface area contributed by atoms with Gasteiger partial charge in [0.2, 0.25) is 0 Å². The highest BCUT2D eigenvalue weighted by Crippen LogP contribution is 2.32. The highest BCUT2D eigenvalue weighted by atomic mass is 35.5. The molecule has 1 N–H and O–H groups in total. The summed E-state index contributed by atoms with van der Waals surface area (Å²) in [4.78, 5) is 6.96. The molecule has 2 saturated heterocycles. The molecule has 0 aliphatic carbocycles. The van der Waals surface area contributed by atoms with Gasteiger partial charge in [-0.15, -0.1) is 12.4 Å². The van der Waals surface area contributed by atoms with Gasteiger partial charge in [-0.25, -0.2) is 0 Å². The van der Waals surface area contributed by atoms with E-state index in [0.29, 0.717) is 6.04 Å². The first-order valence-electron chi connectivity index (χ1n) is 7.28. The topological polar surface area (TPSA) is 28.2 Å². The standard InChI is InChI=1S/C15H23N3.ClH/c1-3-14(11-17-7-1)15-4-2-10-18(15)12-13-5-8-16-9-6-13;/h1,3,7,11,13,15-16H,2,4-6,8-10,12H2;1H. The summed E-state index contributed by atoms with van der Waals surface area (Å²) in [7, 11) is 0. The van der Waals surface area contributed by atoms with Crippen LogP contribution in [-0.4, -0.2) is 36.1 Å². The lowest BCUT2D eigenvalue weighted by molar-refractivity contribution is 0.193. The number of hydrogen-bond donors (Lipinski definition) is 1. The number of hydrogen-bond acceptors (Lipinski definition) is 3. The van der Waals surface area contributed by atoms with Crippen LogP contribution in [0.25, 0.3) is 0 Å². The van der Waals surface area contributed by atoms with Gasteiger partial charge in [0.15, 0.2) is 0 Å². The first-order chi connectivity index (χ1) is 8.93. The van der Waals surface area contributed by atoms with Gasteiger partial charge in [0.25, 0.3) is 0 Å². The molecule has 3 heterocycles. The molecule has 0 bridgehead atoms. The van der Waals surface area contributed by atoms with Gasteiger partial charge in [0.1, 0.15) is 0 Å². The van der Waals surface area contributed by atoms with Crippen LogP contribution >= 0.6 is 12.4 Å². The Kier molecular flexibility index (Phi) is 5.61. The molecule has 3 rings (SSSR count). The third-order valence-corrected chi connectivity index (χ3v) is 4.38. The van der Waals surface area contributed by atoms with Crippen LogP contribution in [0.3, 0.4) is 0 Å². The average Bonchev–Trinajstić information content (AvgIpc) is 2.89. The van der Waals surface area contributed by atoms with Gasteiger partial charge in [-0.2, -0.15) is 0 Å². The summed E-state index contributed by atoms with van der Waals surface area (Å²) >= 11 is 0. The summed E-state index contributed by atoms with van der Waals surface area (Å²) in [6.07, 6.45) is 9.24. The molecule has 0 amide bonds. The first kappa shape index (κ1) is 14.8. The van der Waals surface area contributed by atoms with Crippen molar-refractivity contribution in [1.29, 1.82) is 0 Å². The summed E-state index contributed by atoms with van der Waals surface area (Å²) in [5.74, 6) is 0.892. The van der Waals surface area contributed by atoms with Crippen molar-refractivity contribution in [2.45, 2.75) is 31.7 Å². The average molecular weight is 282 g/mol. The summed E-state index contributed by atoms with van der Waals surface area (Å²) in [6.45, 7) is 4.96. The van der Waals surface area contributed by atoms with Crippen LogP contribution in [0.4, 0.5) is 0 Å². The minimum atomic E-state index is 0. The summed E-state index contributed by atoms with van der Waals surface area (Å²) in [5, 5.41) is 3.45. The predicted molar refractivity (Wildman–Crippen MR) is 80.6 cm³/mol. The first-order valence-corrected chi connectivity index (χ1v) is 7.28. The van der Waals surface area contributed by atoms with Crippen LogP contribution in [0.5, 0.6) is 0 Å². The van der Waals surface area contributed by atoms with E-state index in [-0.39, 0.29) is 12.4 Å². The second-order valence-corrected chi connectivity index (χ2v) is 5.63. The molecule has 1 aromatic heterocycles. The Morgan fingerprint density at radius 3 is 2.84 bits per heavy atom. The van der Waals surface area contributed by atoms with Crippen LogP contribution in [0, 0.1) is 5.92 Å². The second-order valence-electron chi connectivity index (χ2n) is 5.63. The number of halogens is 1. The Morgan fingerprint density at radius 1 is 1.26 bits per heavy atom. The van der Waals surface area contributed by atoms with Gasteiger partial charge in [-0.3, -0.25) is 9.88 Å². The largest absolute Gasteiger partial charge is 0.317 e. The third-order valence-electron chi connectivity index (χ3n) is 4.38. The molecule has 0 spiro atoms. The number of nitrogens with one attached hydrogen (secondary N) is 1. The van der Waals surface area contributed by atoms with Crippen molar-refractivity contribution in [2.24, 2.45) is 5.92 Å². The molecule has 0 saturated carbocycles. The molecular formula is C15H24ClN3. The molecule has 1 atom stereocenters. The maximum atomic E-state index is 4.27. The molecule has 2 aliphatic heterocycles. The van der Waals surface area contributed by atoms with E-state index in [0.717, 1.165) is 5.92 Å². The highest BCUT2D eigenvalue weighted by Gasteiger charge is 2.28. The van der Waals surface area contributed by atoms with Gasteiger partial charge in [0, 0.05) is 25.0 Å². The Bertz CT molecular complexity index is 365. The van der Waals surface area contributed by atoms with Gasteiger partial charge < -0.3 is 5.32 Å². The van der Waals surface area contributed by atoms with E-state index in [4.69, 9.17) is 0 Å². The monoisotopic (exact) mass is 281 g/mol. The van der Waals surface area contributed by atoms with Crippen LogP contribution in [-0.2, 0) is 0 Å².